The van der Waals surface area contributed by atoms with Gasteiger partial charge in [0.25, 0.3) is 5.91 Å². The first-order valence-electron chi connectivity index (χ1n) is 7.79. The molecule has 0 saturated heterocycles. The van der Waals surface area contributed by atoms with Crippen LogP contribution in [0, 0.1) is 0 Å². The number of thiophene rings is 1. The van der Waals surface area contributed by atoms with Crippen LogP contribution in [0.4, 0.5) is 0 Å². The van der Waals surface area contributed by atoms with Crippen LogP contribution in [-0.4, -0.2) is 10.9 Å². The predicted octanol–water partition coefficient (Wildman–Crippen LogP) is 4.19. The van der Waals surface area contributed by atoms with Gasteiger partial charge in [0, 0.05) is 22.2 Å². The molecule has 4 nitrogen and oxygen atoms in total. The van der Waals surface area contributed by atoms with E-state index >= 15 is 0 Å². The molecule has 1 aliphatic heterocycles. The molecule has 1 amide bonds. The zero-order chi connectivity index (χ0) is 16.5. The van der Waals surface area contributed by atoms with Gasteiger partial charge in [-0.1, -0.05) is 18.2 Å². The van der Waals surface area contributed by atoms with Crippen LogP contribution in [0.25, 0.3) is 10.4 Å². The van der Waals surface area contributed by atoms with E-state index in [-0.39, 0.29) is 11.9 Å². The maximum atomic E-state index is 12.6. The lowest BCUT2D eigenvalue weighted by molar-refractivity contribution is 0.0943. The number of pyridine rings is 1. The number of nitrogens with one attached hydrogen (secondary N) is 1. The van der Waals surface area contributed by atoms with E-state index in [0.29, 0.717) is 11.5 Å². The molecule has 0 bridgehead atoms. The largest absolute Gasteiger partial charge is 0.488 e. The summed E-state index contributed by atoms with van der Waals surface area (Å²) in [5, 5.41) is 3.01. The number of hydrogen-bond acceptors (Lipinski definition) is 4. The van der Waals surface area contributed by atoms with Gasteiger partial charge >= 0.3 is 0 Å². The van der Waals surface area contributed by atoms with Crippen LogP contribution in [0.1, 0.15) is 33.9 Å². The van der Waals surface area contributed by atoms with Crippen LogP contribution in [0.2, 0.25) is 0 Å². The van der Waals surface area contributed by atoms with Gasteiger partial charge in [-0.2, -0.15) is 0 Å². The SMILES string of the molecule is C[C@@H](NC(=O)c1cc2c(s1)-c1ccccc1OC2)c1ccccn1. The standard InChI is InChI=1S/C19H16N2O2S/c1-12(15-7-4-5-9-20-15)21-19(22)17-10-13-11-23-16-8-3-2-6-14(16)18(13)24-17/h2-10,12H,11H2,1H3,(H,21,22)/t12-/m1/s1. The fourth-order valence-electron chi connectivity index (χ4n) is 2.79. The van der Waals surface area contributed by atoms with Crippen molar-refractivity contribution in [2.75, 3.05) is 0 Å². The van der Waals surface area contributed by atoms with Crippen LogP contribution in [0.5, 0.6) is 5.75 Å². The van der Waals surface area contributed by atoms with E-state index in [4.69, 9.17) is 4.74 Å². The summed E-state index contributed by atoms with van der Waals surface area (Å²) < 4.78 is 5.76. The lowest BCUT2D eigenvalue weighted by Crippen LogP contribution is -2.26. The van der Waals surface area contributed by atoms with E-state index in [1.807, 2.05) is 55.5 Å². The Morgan fingerprint density at radius 3 is 2.92 bits per heavy atom. The van der Waals surface area contributed by atoms with Crippen LogP contribution < -0.4 is 10.1 Å². The Labute approximate surface area is 144 Å². The number of amides is 1. The predicted molar refractivity (Wildman–Crippen MR) is 94.2 cm³/mol. The van der Waals surface area contributed by atoms with E-state index in [0.717, 1.165) is 27.4 Å². The van der Waals surface area contributed by atoms with E-state index < -0.39 is 0 Å². The lowest BCUT2D eigenvalue weighted by Gasteiger charge is -2.16. The third kappa shape index (κ3) is 2.67. The maximum Gasteiger partial charge on any atom is 0.261 e. The van der Waals surface area contributed by atoms with Crippen molar-refractivity contribution in [2.24, 2.45) is 0 Å². The first-order valence-corrected chi connectivity index (χ1v) is 8.61. The average Bonchev–Trinajstić information content (AvgIpc) is 3.07. The molecule has 1 atom stereocenters. The minimum Gasteiger partial charge on any atom is -0.488 e. The van der Waals surface area contributed by atoms with Gasteiger partial charge in [0.1, 0.15) is 12.4 Å². The van der Waals surface area contributed by atoms with Gasteiger partial charge in [0.15, 0.2) is 0 Å². The van der Waals surface area contributed by atoms with E-state index in [1.54, 1.807) is 6.20 Å². The molecule has 3 heterocycles. The third-order valence-corrected chi connectivity index (χ3v) is 5.24. The maximum absolute atomic E-state index is 12.6. The van der Waals surface area contributed by atoms with Crippen molar-refractivity contribution in [3.05, 3.63) is 70.9 Å². The van der Waals surface area contributed by atoms with Crippen molar-refractivity contribution >= 4 is 17.2 Å². The second-order valence-electron chi connectivity index (χ2n) is 5.70. The normalized spacial score (nSPS) is 13.4. The Bertz CT molecular complexity index is 889. The summed E-state index contributed by atoms with van der Waals surface area (Å²) in [5.74, 6) is 0.797. The Kier molecular flexibility index (Phi) is 3.78. The molecule has 4 rings (SSSR count). The highest BCUT2D eigenvalue weighted by molar-refractivity contribution is 7.17. The van der Waals surface area contributed by atoms with Crippen LogP contribution in [0.3, 0.4) is 0 Å². The van der Waals surface area contributed by atoms with Crippen molar-refractivity contribution in [1.82, 2.24) is 10.3 Å². The number of carbonyl (C=O) groups is 1. The van der Waals surface area contributed by atoms with Crippen molar-refractivity contribution in [3.63, 3.8) is 0 Å². The second kappa shape index (κ2) is 6.09. The summed E-state index contributed by atoms with van der Waals surface area (Å²) in [4.78, 5) is 18.7. The summed E-state index contributed by atoms with van der Waals surface area (Å²) >= 11 is 1.51. The zero-order valence-electron chi connectivity index (χ0n) is 13.2. The highest BCUT2D eigenvalue weighted by Gasteiger charge is 2.23. The molecule has 1 aromatic carbocycles. The minimum absolute atomic E-state index is 0.0787. The molecule has 0 spiro atoms. The fourth-order valence-corrected chi connectivity index (χ4v) is 3.89. The lowest BCUT2D eigenvalue weighted by atomic mass is 10.1. The molecule has 0 radical (unpaired) electrons. The third-order valence-electron chi connectivity index (χ3n) is 4.03. The van der Waals surface area contributed by atoms with Gasteiger partial charge in [-0.3, -0.25) is 9.78 Å². The first-order chi connectivity index (χ1) is 11.7. The number of ether oxygens (including phenoxy) is 1. The average molecular weight is 336 g/mol. The number of rotatable bonds is 3. The van der Waals surface area contributed by atoms with Gasteiger partial charge in [-0.15, -0.1) is 11.3 Å². The molecule has 24 heavy (non-hydrogen) atoms. The molecular weight excluding hydrogens is 320 g/mol. The van der Waals surface area contributed by atoms with Gasteiger partial charge in [-0.25, -0.2) is 0 Å². The Hall–Kier alpha value is -2.66. The molecule has 0 fully saturated rings. The van der Waals surface area contributed by atoms with Crippen LogP contribution >= 0.6 is 11.3 Å². The van der Waals surface area contributed by atoms with E-state index in [1.165, 1.54) is 11.3 Å². The molecule has 0 unspecified atom stereocenters. The smallest absolute Gasteiger partial charge is 0.261 e. The van der Waals surface area contributed by atoms with Gasteiger partial charge in [0.05, 0.1) is 16.6 Å². The van der Waals surface area contributed by atoms with Gasteiger partial charge < -0.3 is 10.1 Å². The first kappa shape index (κ1) is 14.9. The topological polar surface area (TPSA) is 51.2 Å². The molecule has 2 aromatic heterocycles. The quantitative estimate of drug-likeness (QED) is 0.780. The van der Waals surface area contributed by atoms with Gasteiger partial charge in [-0.05, 0) is 37.3 Å². The molecule has 120 valence electrons. The second-order valence-corrected chi connectivity index (χ2v) is 6.75. The summed E-state index contributed by atoms with van der Waals surface area (Å²) in [7, 11) is 0. The number of carbonyl (C=O) groups excluding carboxylic acids is 1. The van der Waals surface area contributed by atoms with Crippen molar-refractivity contribution in [1.29, 1.82) is 0 Å². The molecule has 5 heteroatoms. The summed E-state index contributed by atoms with van der Waals surface area (Å²) in [6.07, 6.45) is 1.73. The van der Waals surface area contributed by atoms with Crippen molar-refractivity contribution < 1.29 is 9.53 Å². The molecule has 1 aliphatic rings. The Morgan fingerprint density at radius 1 is 1.25 bits per heavy atom. The van der Waals surface area contributed by atoms with E-state index in [9.17, 15) is 4.79 Å². The van der Waals surface area contributed by atoms with Crippen LogP contribution in [-0.2, 0) is 6.61 Å². The molecule has 0 aliphatic carbocycles. The highest BCUT2D eigenvalue weighted by Crippen LogP contribution is 2.42. The number of benzene rings is 1. The fraction of sp³-hybridized carbons (Fsp3) is 0.158. The number of para-hydroxylation sites is 1. The molecule has 1 N–H and O–H groups in total. The highest BCUT2D eigenvalue weighted by atomic mass is 32.1. The Balaban J connectivity index is 1.58. The molecular formula is C19H16N2O2S. The van der Waals surface area contributed by atoms with Gasteiger partial charge in [0.2, 0.25) is 0 Å². The monoisotopic (exact) mass is 336 g/mol. The number of aromatic nitrogens is 1. The number of fused-ring (bicyclic) bond motifs is 3. The number of nitrogens with zero attached hydrogens (tertiary/aromatic N) is 1. The molecule has 0 saturated carbocycles. The van der Waals surface area contributed by atoms with E-state index in [2.05, 4.69) is 10.3 Å². The molecule has 3 aromatic rings. The van der Waals surface area contributed by atoms with Crippen LogP contribution in [0.15, 0.2) is 54.7 Å². The summed E-state index contributed by atoms with van der Waals surface area (Å²) in [5.41, 5.74) is 2.97. The summed E-state index contributed by atoms with van der Waals surface area (Å²) in [6, 6.07) is 15.4. The van der Waals surface area contributed by atoms with Crippen molar-refractivity contribution in [2.45, 2.75) is 19.6 Å². The zero-order valence-corrected chi connectivity index (χ0v) is 14.0. The summed E-state index contributed by atoms with van der Waals surface area (Å²) in [6.45, 7) is 2.44. The van der Waals surface area contributed by atoms with Crippen molar-refractivity contribution in [3.8, 4) is 16.2 Å². The Morgan fingerprint density at radius 2 is 2.08 bits per heavy atom. The number of hydrogen-bond donors (Lipinski definition) is 1. The minimum atomic E-state index is -0.138.